The fraction of sp³-hybridized carbons (Fsp3) is 0.500. The zero-order valence-corrected chi connectivity index (χ0v) is 31.5. The van der Waals surface area contributed by atoms with E-state index in [4.69, 9.17) is 4.74 Å². The number of alkyl carbamates (subject to hydrolysis) is 1. The third kappa shape index (κ3) is 12.8. The van der Waals surface area contributed by atoms with Crippen molar-refractivity contribution >= 4 is 46.7 Å². The van der Waals surface area contributed by atoms with Gasteiger partial charge in [0.15, 0.2) is 0 Å². The lowest BCUT2D eigenvalue weighted by molar-refractivity contribution is -0.123. The highest BCUT2D eigenvalue weighted by atomic mass is 32.2. The zero-order valence-electron chi connectivity index (χ0n) is 29.9. The molecule has 10 nitrogen and oxygen atoms in total. The lowest BCUT2D eigenvalue weighted by atomic mass is 9.95. The molecule has 270 valence electrons. The van der Waals surface area contributed by atoms with E-state index in [1.807, 2.05) is 79.9 Å². The molecule has 2 aromatic carbocycles. The van der Waals surface area contributed by atoms with Gasteiger partial charge in [-0.25, -0.2) is 14.6 Å². The fourth-order valence-corrected chi connectivity index (χ4v) is 7.19. The highest BCUT2D eigenvalue weighted by molar-refractivity contribution is 8.13. The largest absolute Gasteiger partial charge is 0.448 e. The number of benzene rings is 2. The molecule has 0 fully saturated rings. The van der Waals surface area contributed by atoms with Crippen LogP contribution in [0.15, 0.2) is 71.0 Å². The summed E-state index contributed by atoms with van der Waals surface area (Å²) in [4.78, 5) is 50.6. The Hall–Kier alpha value is -3.90. The molecule has 1 aromatic heterocycles. The fourth-order valence-electron chi connectivity index (χ4n) is 5.68. The zero-order chi connectivity index (χ0) is 35.9. The number of nitrogens with zero attached hydrogens (tertiary/aromatic N) is 3. The van der Waals surface area contributed by atoms with Gasteiger partial charge in [0.1, 0.15) is 12.6 Å². The number of aromatic nitrogens is 1. The van der Waals surface area contributed by atoms with E-state index in [1.54, 1.807) is 40.6 Å². The van der Waals surface area contributed by atoms with Crippen molar-refractivity contribution in [3.05, 3.63) is 87.9 Å². The summed E-state index contributed by atoms with van der Waals surface area (Å²) in [6.45, 7) is 9.45. The Bertz CT molecular complexity index is 1530. The van der Waals surface area contributed by atoms with Crippen LogP contribution in [0.3, 0.4) is 0 Å². The van der Waals surface area contributed by atoms with Crippen LogP contribution in [0.1, 0.15) is 81.1 Å². The second-order valence-electron chi connectivity index (χ2n) is 13.6. The average molecular weight is 721 g/mol. The molecular weight excluding hydrogens is 669 g/mol. The van der Waals surface area contributed by atoms with E-state index in [0.29, 0.717) is 51.1 Å². The van der Waals surface area contributed by atoms with Crippen LogP contribution in [0.2, 0.25) is 0 Å². The maximum atomic E-state index is 13.8. The highest BCUT2D eigenvalue weighted by Gasteiger charge is 2.30. The topological polar surface area (TPSA) is 125 Å². The Balaban J connectivity index is 1.42. The Morgan fingerprint density at radius 2 is 1.54 bits per heavy atom. The molecule has 4 amide bonds. The molecule has 0 radical (unpaired) electrons. The van der Waals surface area contributed by atoms with Crippen LogP contribution in [-0.2, 0) is 28.9 Å². The molecule has 12 heteroatoms. The number of hydrogen-bond acceptors (Lipinski definition) is 8. The van der Waals surface area contributed by atoms with E-state index in [2.05, 4.69) is 39.8 Å². The molecule has 1 aliphatic heterocycles. The smallest absolute Gasteiger partial charge is 0.407 e. The number of rotatable bonds is 18. The minimum absolute atomic E-state index is 0.220. The first-order valence-corrected chi connectivity index (χ1v) is 19.2. The second-order valence-corrected chi connectivity index (χ2v) is 15.9. The molecule has 0 aliphatic carbocycles. The number of carbonyl (C=O) groups excluding carboxylic acids is 3. The summed E-state index contributed by atoms with van der Waals surface area (Å²) in [5.41, 5.74) is 4.83. The van der Waals surface area contributed by atoms with Crippen molar-refractivity contribution in [2.75, 3.05) is 20.2 Å². The number of amides is 4. The molecule has 3 aromatic rings. The van der Waals surface area contributed by atoms with Gasteiger partial charge < -0.3 is 25.6 Å². The van der Waals surface area contributed by atoms with E-state index >= 15 is 0 Å². The standard InChI is InChI=1S/C38H52N6O4S2/c1-6-13-33(43-36(46)44(5)22-32-23-49-35(41-32)27(2)3)34(45)40-30(20-28-14-9-7-10-15-28)18-19-31(21-29-16-11-8-12-17-29)42-37(47)48-25-38(4)24-39-26-50-38/h7-12,14-17,23,26-27,30-31,33H,6,13,18-22,24-25H2,1-5H3,(H,40,45)(H,42,47)(H,43,46)/t30-,31-,33-,38?/m0/s1. The number of carbonyl (C=O) groups is 3. The lowest BCUT2D eigenvalue weighted by Crippen LogP contribution is -2.52. The summed E-state index contributed by atoms with van der Waals surface area (Å²) >= 11 is 3.17. The van der Waals surface area contributed by atoms with Crippen LogP contribution in [0.5, 0.6) is 0 Å². The quantitative estimate of drug-likeness (QED) is 0.131. The van der Waals surface area contributed by atoms with Crippen LogP contribution in [0.25, 0.3) is 0 Å². The van der Waals surface area contributed by atoms with Gasteiger partial charge in [0.05, 0.1) is 34.1 Å². The summed E-state index contributed by atoms with van der Waals surface area (Å²) in [5.74, 6) is 0.106. The monoisotopic (exact) mass is 720 g/mol. The minimum Gasteiger partial charge on any atom is -0.448 e. The third-order valence-electron chi connectivity index (χ3n) is 8.53. The summed E-state index contributed by atoms with van der Waals surface area (Å²) in [5, 5.41) is 12.3. The first-order chi connectivity index (χ1) is 24.0. The SMILES string of the molecule is CCC[C@H](NC(=O)N(C)Cc1csc(C(C)C)n1)C(=O)N[C@@H](CC[C@@H](Cc1ccccc1)NC(=O)OCC1(C)CN=CS1)Cc1ccccc1. The molecule has 1 aliphatic rings. The van der Waals surface area contributed by atoms with Gasteiger partial charge in [0.2, 0.25) is 5.91 Å². The van der Waals surface area contributed by atoms with Crippen LogP contribution < -0.4 is 16.0 Å². The van der Waals surface area contributed by atoms with Gasteiger partial charge in [-0.05, 0) is 50.2 Å². The van der Waals surface area contributed by atoms with Gasteiger partial charge in [0.25, 0.3) is 0 Å². The van der Waals surface area contributed by atoms with E-state index in [0.717, 1.165) is 28.2 Å². The van der Waals surface area contributed by atoms with Gasteiger partial charge in [-0.15, -0.1) is 23.1 Å². The number of ether oxygens (including phenoxy) is 1. The van der Waals surface area contributed by atoms with Crippen LogP contribution in [-0.4, -0.2) is 76.5 Å². The first kappa shape index (κ1) is 38.9. The summed E-state index contributed by atoms with van der Waals surface area (Å²) in [7, 11) is 1.72. The molecule has 0 saturated heterocycles. The molecule has 0 spiro atoms. The number of urea groups is 1. The Morgan fingerprint density at radius 1 is 0.920 bits per heavy atom. The summed E-state index contributed by atoms with van der Waals surface area (Å²) < 4.78 is 5.40. The molecule has 4 rings (SSSR count). The van der Waals surface area contributed by atoms with Gasteiger partial charge in [-0.3, -0.25) is 9.79 Å². The van der Waals surface area contributed by atoms with E-state index in [-0.39, 0.29) is 35.4 Å². The number of thiazole rings is 1. The molecule has 3 N–H and O–H groups in total. The van der Waals surface area contributed by atoms with Crippen LogP contribution in [0.4, 0.5) is 9.59 Å². The summed E-state index contributed by atoms with van der Waals surface area (Å²) in [6, 6.07) is 18.6. The van der Waals surface area contributed by atoms with Crippen molar-refractivity contribution in [3.63, 3.8) is 0 Å². The van der Waals surface area contributed by atoms with Crippen molar-refractivity contribution in [2.24, 2.45) is 4.99 Å². The molecule has 0 saturated carbocycles. The molecule has 2 heterocycles. The Kier molecular flexibility index (Phi) is 15.2. The second kappa shape index (κ2) is 19.5. The average Bonchev–Trinajstić information content (AvgIpc) is 3.76. The van der Waals surface area contributed by atoms with Crippen LogP contribution >= 0.6 is 23.1 Å². The van der Waals surface area contributed by atoms with Crippen molar-refractivity contribution in [3.8, 4) is 0 Å². The predicted molar refractivity (Wildman–Crippen MR) is 204 cm³/mol. The highest BCUT2D eigenvalue weighted by Crippen LogP contribution is 2.28. The third-order valence-corrected chi connectivity index (χ3v) is 10.8. The van der Waals surface area contributed by atoms with Crippen molar-refractivity contribution < 1.29 is 19.1 Å². The van der Waals surface area contributed by atoms with E-state index < -0.39 is 12.1 Å². The predicted octanol–water partition coefficient (Wildman–Crippen LogP) is 6.96. The molecule has 4 atom stereocenters. The van der Waals surface area contributed by atoms with Crippen LogP contribution in [0, 0.1) is 0 Å². The minimum atomic E-state index is -0.693. The summed E-state index contributed by atoms with van der Waals surface area (Å²) in [6.07, 6.45) is 3.21. The lowest BCUT2D eigenvalue weighted by Gasteiger charge is -2.27. The number of aliphatic imine (C=N–C) groups is 1. The maximum Gasteiger partial charge on any atom is 0.407 e. The van der Waals surface area contributed by atoms with Gasteiger partial charge in [-0.1, -0.05) is 87.9 Å². The molecule has 1 unspecified atom stereocenters. The molecule has 0 bridgehead atoms. The molecule has 50 heavy (non-hydrogen) atoms. The van der Waals surface area contributed by atoms with Crippen molar-refractivity contribution in [1.82, 2.24) is 25.8 Å². The van der Waals surface area contributed by atoms with Crippen molar-refractivity contribution in [1.29, 1.82) is 0 Å². The Labute approximate surface area is 305 Å². The molecular formula is C38H52N6O4S2. The van der Waals surface area contributed by atoms with Gasteiger partial charge >= 0.3 is 12.1 Å². The first-order valence-electron chi connectivity index (χ1n) is 17.5. The van der Waals surface area contributed by atoms with Crippen molar-refractivity contribution in [2.45, 2.75) is 102 Å². The van der Waals surface area contributed by atoms with E-state index in [1.165, 1.54) is 0 Å². The Morgan fingerprint density at radius 3 is 2.08 bits per heavy atom. The number of nitrogens with one attached hydrogen (secondary N) is 3. The number of thioether (sulfide) groups is 1. The van der Waals surface area contributed by atoms with Gasteiger partial charge in [-0.2, -0.15) is 0 Å². The normalized spacial score (nSPS) is 17.2. The van der Waals surface area contributed by atoms with E-state index in [9.17, 15) is 14.4 Å². The number of hydrogen-bond donors (Lipinski definition) is 3. The maximum absolute atomic E-state index is 13.8. The van der Waals surface area contributed by atoms with Gasteiger partial charge in [0, 0.05) is 30.4 Å².